The van der Waals surface area contributed by atoms with Crippen LogP contribution >= 0.6 is 0 Å². The Morgan fingerprint density at radius 2 is 2.11 bits per heavy atom. The molecule has 1 amide bonds. The molecule has 6 heteroatoms. The predicted octanol–water partition coefficient (Wildman–Crippen LogP) is 3.67. The van der Waals surface area contributed by atoms with E-state index in [4.69, 9.17) is 4.52 Å². The average molecular weight is 362 g/mol. The fraction of sp³-hybridized carbons (Fsp3) is 0.333. The van der Waals surface area contributed by atoms with Crippen LogP contribution in [0.3, 0.4) is 0 Å². The van der Waals surface area contributed by atoms with Gasteiger partial charge in [-0.2, -0.15) is 4.98 Å². The van der Waals surface area contributed by atoms with Crippen LogP contribution in [0.4, 0.5) is 0 Å². The molecule has 138 valence electrons. The summed E-state index contributed by atoms with van der Waals surface area (Å²) < 4.78 is 5.21. The third kappa shape index (κ3) is 3.47. The van der Waals surface area contributed by atoms with Crippen molar-refractivity contribution in [1.29, 1.82) is 0 Å². The zero-order valence-corrected chi connectivity index (χ0v) is 15.5. The lowest BCUT2D eigenvalue weighted by Crippen LogP contribution is -2.27. The number of benzene rings is 1. The van der Waals surface area contributed by atoms with Crippen molar-refractivity contribution in [3.05, 3.63) is 64.8 Å². The van der Waals surface area contributed by atoms with Crippen LogP contribution in [-0.4, -0.2) is 21.0 Å². The lowest BCUT2D eigenvalue weighted by Gasteiger charge is -2.14. The van der Waals surface area contributed by atoms with E-state index in [1.807, 2.05) is 26.0 Å². The van der Waals surface area contributed by atoms with Crippen LogP contribution in [0.1, 0.15) is 59.4 Å². The summed E-state index contributed by atoms with van der Waals surface area (Å²) in [6, 6.07) is 9.80. The molecule has 0 saturated carbocycles. The minimum Gasteiger partial charge on any atom is -0.345 e. The molecule has 0 saturated heterocycles. The molecule has 1 aliphatic carbocycles. The normalized spacial score (nSPS) is 15.6. The highest BCUT2D eigenvalue weighted by Crippen LogP contribution is 2.34. The first-order valence-corrected chi connectivity index (χ1v) is 9.39. The van der Waals surface area contributed by atoms with Gasteiger partial charge in [-0.15, -0.1) is 0 Å². The van der Waals surface area contributed by atoms with Crippen LogP contribution in [-0.2, 0) is 19.3 Å². The first-order valence-electron chi connectivity index (χ1n) is 9.39. The minimum atomic E-state index is -0.0558. The predicted molar refractivity (Wildman–Crippen MR) is 101 cm³/mol. The Balaban J connectivity index is 1.52. The highest BCUT2D eigenvalue weighted by atomic mass is 16.5. The summed E-state index contributed by atoms with van der Waals surface area (Å²) in [5.74, 6) is 1.20. The standard InChI is InChI=1S/C21H22N4O2/c1-3-16-12-15(9-10-22-16)21(26)23-18-8-6-13-11-14(5-7-17(13)18)20-24-19(4-2)27-25-20/h5,7,9-12,18H,3-4,6,8H2,1-2H3,(H,23,26)/t18-/m1/s1. The molecule has 0 unspecified atom stereocenters. The number of amides is 1. The SMILES string of the molecule is CCc1cc(C(=O)N[C@@H]2CCc3cc(-c4noc(CC)n4)ccc32)ccn1. The zero-order valence-electron chi connectivity index (χ0n) is 15.5. The molecule has 3 aromatic rings. The van der Waals surface area contributed by atoms with Gasteiger partial charge in [-0.1, -0.05) is 31.1 Å². The third-order valence-electron chi connectivity index (χ3n) is 5.00. The maximum absolute atomic E-state index is 12.6. The molecular weight excluding hydrogens is 340 g/mol. The van der Waals surface area contributed by atoms with Crippen molar-refractivity contribution in [2.45, 2.75) is 45.6 Å². The van der Waals surface area contributed by atoms with Crippen molar-refractivity contribution >= 4 is 5.91 Å². The summed E-state index contributed by atoms with van der Waals surface area (Å²) in [6.07, 6.45) is 5.04. The fourth-order valence-corrected chi connectivity index (χ4v) is 3.48. The van der Waals surface area contributed by atoms with Crippen molar-refractivity contribution in [2.24, 2.45) is 0 Å². The quantitative estimate of drug-likeness (QED) is 0.749. The Morgan fingerprint density at radius 3 is 2.89 bits per heavy atom. The van der Waals surface area contributed by atoms with Crippen molar-refractivity contribution in [3.63, 3.8) is 0 Å². The van der Waals surface area contributed by atoms with Gasteiger partial charge in [0.15, 0.2) is 0 Å². The van der Waals surface area contributed by atoms with E-state index in [9.17, 15) is 4.79 Å². The number of hydrogen-bond acceptors (Lipinski definition) is 5. The van der Waals surface area contributed by atoms with E-state index in [1.165, 1.54) is 5.56 Å². The molecule has 1 aliphatic rings. The zero-order chi connectivity index (χ0) is 18.8. The second-order valence-electron chi connectivity index (χ2n) is 6.73. The summed E-state index contributed by atoms with van der Waals surface area (Å²) in [5, 5.41) is 7.20. The number of aryl methyl sites for hydroxylation is 3. The molecule has 0 bridgehead atoms. The number of pyridine rings is 1. The Morgan fingerprint density at radius 1 is 1.22 bits per heavy atom. The Bertz CT molecular complexity index is 980. The summed E-state index contributed by atoms with van der Waals surface area (Å²) >= 11 is 0. The molecule has 2 aromatic heterocycles. The average Bonchev–Trinajstić information content (AvgIpc) is 3.35. The van der Waals surface area contributed by atoms with E-state index in [0.29, 0.717) is 17.3 Å². The van der Waals surface area contributed by atoms with E-state index in [1.54, 1.807) is 12.3 Å². The summed E-state index contributed by atoms with van der Waals surface area (Å²) in [7, 11) is 0. The smallest absolute Gasteiger partial charge is 0.251 e. The van der Waals surface area contributed by atoms with Crippen molar-refractivity contribution < 1.29 is 9.32 Å². The Labute approximate surface area is 158 Å². The summed E-state index contributed by atoms with van der Waals surface area (Å²) in [5.41, 5.74) is 4.92. The first kappa shape index (κ1) is 17.4. The van der Waals surface area contributed by atoms with Gasteiger partial charge in [0.25, 0.3) is 5.91 Å². The molecular formula is C21H22N4O2. The van der Waals surface area contributed by atoms with E-state index in [0.717, 1.165) is 42.5 Å². The monoisotopic (exact) mass is 362 g/mol. The van der Waals surface area contributed by atoms with Crippen LogP contribution < -0.4 is 5.32 Å². The molecule has 0 fully saturated rings. The number of fused-ring (bicyclic) bond motifs is 1. The van der Waals surface area contributed by atoms with Gasteiger partial charge in [0.05, 0.1) is 6.04 Å². The van der Waals surface area contributed by atoms with Crippen molar-refractivity contribution in [1.82, 2.24) is 20.4 Å². The number of nitrogens with zero attached hydrogens (tertiary/aromatic N) is 3. The molecule has 6 nitrogen and oxygen atoms in total. The van der Waals surface area contributed by atoms with Gasteiger partial charge in [0.2, 0.25) is 11.7 Å². The van der Waals surface area contributed by atoms with Crippen LogP contribution in [0.2, 0.25) is 0 Å². The topological polar surface area (TPSA) is 80.9 Å². The number of carbonyl (C=O) groups excluding carboxylic acids is 1. The number of aromatic nitrogens is 3. The molecule has 2 heterocycles. The van der Waals surface area contributed by atoms with Gasteiger partial charge in [0, 0.05) is 29.4 Å². The highest BCUT2D eigenvalue weighted by molar-refractivity contribution is 5.94. The van der Waals surface area contributed by atoms with E-state index in [2.05, 4.69) is 32.6 Å². The van der Waals surface area contributed by atoms with E-state index in [-0.39, 0.29) is 11.9 Å². The molecule has 4 rings (SSSR count). The van der Waals surface area contributed by atoms with E-state index < -0.39 is 0 Å². The number of hydrogen-bond donors (Lipinski definition) is 1. The number of rotatable bonds is 5. The highest BCUT2D eigenvalue weighted by Gasteiger charge is 2.25. The van der Waals surface area contributed by atoms with E-state index >= 15 is 0 Å². The van der Waals surface area contributed by atoms with Gasteiger partial charge >= 0.3 is 0 Å². The number of carbonyl (C=O) groups is 1. The summed E-state index contributed by atoms with van der Waals surface area (Å²) in [4.78, 5) is 21.3. The second-order valence-corrected chi connectivity index (χ2v) is 6.73. The lowest BCUT2D eigenvalue weighted by molar-refractivity contribution is 0.0936. The van der Waals surface area contributed by atoms with Gasteiger partial charge in [-0.3, -0.25) is 9.78 Å². The van der Waals surface area contributed by atoms with Gasteiger partial charge in [0.1, 0.15) is 0 Å². The summed E-state index contributed by atoms with van der Waals surface area (Å²) in [6.45, 7) is 4.02. The van der Waals surface area contributed by atoms with Gasteiger partial charge in [-0.05, 0) is 48.6 Å². The minimum absolute atomic E-state index is 0.0243. The lowest BCUT2D eigenvalue weighted by atomic mass is 10.0. The molecule has 0 spiro atoms. The van der Waals surface area contributed by atoms with Crippen molar-refractivity contribution in [2.75, 3.05) is 0 Å². The Kier molecular flexibility index (Phi) is 4.71. The first-order chi connectivity index (χ1) is 13.2. The van der Waals surface area contributed by atoms with Crippen LogP contribution in [0.25, 0.3) is 11.4 Å². The fourth-order valence-electron chi connectivity index (χ4n) is 3.48. The maximum Gasteiger partial charge on any atom is 0.251 e. The van der Waals surface area contributed by atoms with Gasteiger partial charge < -0.3 is 9.84 Å². The van der Waals surface area contributed by atoms with Crippen LogP contribution in [0.5, 0.6) is 0 Å². The molecule has 0 aliphatic heterocycles. The van der Waals surface area contributed by atoms with Gasteiger partial charge in [-0.25, -0.2) is 0 Å². The largest absolute Gasteiger partial charge is 0.345 e. The number of nitrogens with one attached hydrogen (secondary N) is 1. The third-order valence-corrected chi connectivity index (χ3v) is 5.00. The van der Waals surface area contributed by atoms with Crippen LogP contribution in [0, 0.1) is 0 Å². The second kappa shape index (κ2) is 7.31. The molecule has 1 N–H and O–H groups in total. The Hall–Kier alpha value is -3.02. The maximum atomic E-state index is 12.6. The van der Waals surface area contributed by atoms with Crippen molar-refractivity contribution in [3.8, 4) is 11.4 Å². The molecule has 27 heavy (non-hydrogen) atoms. The van der Waals surface area contributed by atoms with Crippen LogP contribution in [0.15, 0.2) is 41.1 Å². The molecule has 1 aromatic carbocycles. The molecule has 0 radical (unpaired) electrons. The molecule has 1 atom stereocenters.